The van der Waals surface area contributed by atoms with Crippen molar-refractivity contribution in [1.29, 1.82) is 0 Å². The van der Waals surface area contributed by atoms with Crippen molar-refractivity contribution < 1.29 is 4.79 Å². The Morgan fingerprint density at radius 1 is 1.38 bits per heavy atom. The second kappa shape index (κ2) is 4.96. The van der Waals surface area contributed by atoms with E-state index in [1.54, 1.807) is 0 Å². The van der Waals surface area contributed by atoms with Crippen LogP contribution in [0.25, 0.3) is 0 Å². The molecule has 0 aromatic carbocycles. The quantitative estimate of drug-likeness (QED) is 0.817. The van der Waals surface area contributed by atoms with Gasteiger partial charge in [0.05, 0.1) is 6.54 Å². The number of hydrogen-bond acceptors (Lipinski definition) is 3. The summed E-state index contributed by atoms with van der Waals surface area (Å²) in [5.41, 5.74) is 0.736. The van der Waals surface area contributed by atoms with Crippen molar-refractivity contribution in [3.05, 3.63) is 23.9 Å². The van der Waals surface area contributed by atoms with Crippen LogP contribution in [0, 0.1) is 6.92 Å². The van der Waals surface area contributed by atoms with Gasteiger partial charge < -0.3 is 10.6 Å². The third-order valence-electron chi connectivity index (χ3n) is 1.83. The molecule has 0 saturated heterocycles. The molecule has 0 aliphatic carbocycles. The molecule has 1 aromatic heterocycles. The summed E-state index contributed by atoms with van der Waals surface area (Å²) in [5, 5.41) is 5.86. The Bertz CT molecular complexity index is 369. The Morgan fingerprint density at radius 3 is 2.62 bits per heavy atom. The van der Waals surface area contributed by atoms with Crippen LogP contribution in [0.5, 0.6) is 0 Å². The largest absolute Gasteiger partial charge is 0.361 e. The summed E-state index contributed by atoms with van der Waals surface area (Å²) in [6, 6.07) is 5.67. The molecule has 1 aromatic rings. The molecular weight excluding hydrogens is 202 g/mol. The lowest BCUT2D eigenvalue weighted by atomic mass is 10.1. The zero-order valence-corrected chi connectivity index (χ0v) is 10.3. The van der Waals surface area contributed by atoms with Gasteiger partial charge in [-0.25, -0.2) is 4.98 Å². The molecule has 1 amide bonds. The van der Waals surface area contributed by atoms with Gasteiger partial charge in [-0.2, -0.15) is 0 Å². The molecule has 88 valence electrons. The summed E-state index contributed by atoms with van der Waals surface area (Å²) >= 11 is 0. The summed E-state index contributed by atoms with van der Waals surface area (Å²) < 4.78 is 0. The lowest BCUT2D eigenvalue weighted by Gasteiger charge is -2.20. The number of amides is 1. The highest BCUT2D eigenvalue weighted by molar-refractivity contribution is 5.80. The number of aromatic nitrogens is 1. The van der Waals surface area contributed by atoms with Crippen molar-refractivity contribution in [2.24, 2.45) is 0 Å². The smallest absolute Gasteiger partial charge is 0.239 e. The molecule has 0 unspecified atom stereocenters. The number of hydrogen-bond donors (Lipinski definition) is 2. The first-order valence-electron chi connectivity index (χ1n) is 5.35. The number of pyridine rings is 1. The Balaban J connectivity index is 2.43. The summed E-state index contributed by atoms with van der Waals surface area (Å²) in [4.78, 5) is 15.8. The average molecular weight is 221 g/mol. The molecule has 2 N–H and O–H groups in total. The van der Waals surface area contributed by atoms with Crippen molar-refractivity contribution in [3.63, 3.8) is 0 Å². The zero-order chi connectivity index (χ0) is 12.2. The molecule has 4 heteroatoms. The first-order valence-corrected chi connectivity index (χ1v) is 5.35. The number of carbonyl (C=O) groups excluding carboxylic acids is 1. The predicted molar refractivity (Wildman–Crippen MR) is 65.4 cm³/mol. The zero-order valence-electron chi connectivity index (χ0n) is 10.3. The van der Waals surface area contributed by atoms with Crippen molar-refractivity contribution >= 4 is 11.7 Å². The van der Waals surface area contributed by atoms with Crippen LogP contribution in [0.3, 0.4) is 0 Å². The normalized spacial score (nSPS) is 11.0. The highest BCUT2D eigenvalue weighted by Gasteiger charge is 2.13. The van der Waals surface area contributed by atoms with Gasteiger partial charge in [-0.15, -0.1) is 0 Å². The highest BCUT2D eigenvalue weighted by Crippen LogP contribution is 2.03. The lowest BCUT2D eigenvalue weighted by Crippen LogP contribution is -2.43. The van der Waals surface area contributed by atoms with Crippen molar-refractivity contribution in [2.75, 3.05) is 11.9 Å². The number of rotatable bonds is 3. The summed E-state index contributed by atoms with van der Waals surface area (Å²) in [5.74, 6) is 0.694. The monoisotopic (exact) mass is 221 g/mol. The van der Waals surface area contributed by atoms with Gasteiger partial charge in [-0.1, -0.05) is 6.07 Å². The summed E-state index contributed by atoms with van der Waals surface area (Å²) in [7, 11) is 0. The Morgan fingerprint density at radius 2 is 2.06 bits per heavy atom. The minimum Gasteiger partial charge on any atom is -0.361 e. The molecule has 0 bridgehead atoms. The average Bonchev–Trinajstić information content (AvgIpc) is 2.12. The lowest BCUT2D eigenvalue weighted by molar-refractivity contribution is -0.120. The first-order chi connectivity index (χ1) is 7.37. The Hall–Kier alpha value is -1.58. The fraction of sp³-hybridized carbons (Fsp3) is 0.500. The number of aryl methyl sites for hydroxylation is 1. The van der Waals surface area contributed by atoms with Crippen LogP contribution in [0.1, 0.15) is 26.5 Å². The van der Waals surface area contributed by atoms with E-state index in [1.807, 2.05) is 45.9 Å². The van der Waals surface area contributed by atoms with Crippen molar-refractivity contribution in [3.8, 4) is 0 Å². The molecule has 4 nitrogen and oxygen atoms in total. The Kier molecular flexibility index (Phi) is 3.88. The topological polar surface area (TPSA) is 54.0 Å². The van der Waals surface area contributed by atoms with Gasteiger partial charge in [0.25, 0.3) is 0 Å². The van der Waals surface area contributed by atoms with Gasteiger partial charge >= 0.3 is 0 Å². The molecule has 0 spiro atoms. The van der Waals surface area contributed by atoms with Crippen LogP contribution in [0.2, 0.25) is 0 Å². The number of nitrogens with zero attached hydrogens (tertiary/aromatic N) is 1. The molecule has 16 heavy (non-hydrogen) atoms. The van der Waals surface area contributed by atoms with Crippen molar-refractivity contribution in [1.82, 2.24) is 10.3 Å². The van der Waals surface area contributed by atoms with Crippen LogP contribution >= 0.6 is 0 Å². The molecule has 0 fully saturated rings. The van der Waals surface area contributed by atoms with E-state index in [2.05, 4.69) is 15.6 Å². The van der Waals surface area contributed by atoms with E-state index in [-0.39, 0.29) is 18.0 Å². The first kappa shape index (κ1) is 12.5. The van der Waals surface area contributed by atoms with E-state index in [9.17, 15) is 4.79 Å². The third-order valence-corrected chi connectivity index (χ3v) is 1.83. The van der Waals surface area contributed by atoms with Gasteiger partial charge in [-0.3, -0.25) is 4.79 Å². The molecule has 0 saturated carbocycles. The van der Waals surface area contributed by atoms with Crippen LogP contribution in [-0.2, 0) is 4.79 Å². The summed E-state index contributed by atoms with van der Waals surface area (Å²) in [6.07, 6.45) is 0. The molecule has 0 atom stereocenters. The number of anilines is 1. The maximum Gasteiger partial charge on any atom is 0.239 e. The van der Waals surface area contributed by atoms with Crippen LogP contribution in [0.4, 0.5) is 5.82 Å². The standard InChI is InChI=1S/C12H19N3O/c1-9-6-5-7-10(14-9)13-8-11(16)15-12(2,3)4/h5-7H,8H2,1-4H3,(H,13,14)(H,15,16). The molecule has 0 aliphatic rings. The van der Waals surface area contributed by atoms with E-state index >= 15 is 0 Å². The minimum absolute atomic E-state index is 0.0317. The van der Waals surface area contributed by atoms with Gasteiger partial charge in [0, 0.05) is 11.2 Å². The molecule has 1 heterocycles. The fourth-order valence-electron chi connectivity index (χ4n) is 1.27. The van der Waals surface area contributed by atoms with Gasteiger partial charge in [0.2, 0.25) is 5.91 Å². The van der Waals surface area contributed by atoms with Gasteiger partial charge in [0.1, 0.15) is 5.82 Å². The van der Waals surface area contributed by atoms with E-state index < -0.39 is 0 Å². The second-order valence-corrected chi connectivity index (χ2v) is 4.82. The predicted octanol–water partition coefficient (Wildman–Crippen LogP) is 1.72. The highest BCUT2D eigenvalue weighted by atomic mass is 16.2. The molecule has 1 rings (SSSR count). The van der Waals surface area contributed by atoms with Crippen LogP contribution < -0.4 is 10.6 Å². The van der Waals surface area contributed by atoms with Crippen LogP contribution in [0.15, 0.2) is 18.2 Å². The van der Waals surface area contributed by atoms with Gasteiger partial charge in [-0.05, 0) is 39.8 Å². The number of carbonyl (C=O) groups is 1. The minimum atomic E-state index is -0.196. The molecular formula is C12H19N3O. The van der Waals surface area contributed by atoms with E-state index in [1.165, 1.54) is 0 Å². The molecule has 0 aliphatic heterocycles. The van der Waals surface area contributed by atoms with E-state index in [0.717, 1.165) is 11.5 Å². The van der Waals surface area contributed by atoms with Gasteiger partial charge in [0.15, 0.2) is 0 Å². The maximum absolute atomic E-state index is 11.5. The number of nitrogens with one attached hydrogen (secondary N) is 2. The van der Waals surface area contributed by atoms with E-state index in [4.69, 9.17) is 0 Å². The molecule has 0 radical (unpaired) electrons. The van der Waals surface area contributed by atoms with E-state index in [0.29, 0.717) is 0 Å². The third kappa shape index (κ3) is 4.77. The second-order valence-electron chi connectivity index (χ2n) is 4.82. The van der Waals surface area contributed by atoms with Crippen LogP contribution in [-0.4, -0.2) is 23.0 Å². The fourth-order valence-corrected chi connectivity index (χ4v) is 1.27. The SMILES string of the molecule is Cc1cccc(NCC(=O)NC(C)(C)C)n1. The maximum atomic E-state index is 11.5. The Labute approximate surface area is 96.5 Å². The summed E-state index contributed by atoms with van der Waals surface area (Å²) in [6.45, 7) is 8.02. The van der Waals surface area contributed by atoms with Crippen molar-refractivity contribution in [2.45, 2.75) is 33.2 Å².